The number of aryl methyl sites for hydroxylation is 1. The third-order valence-electron chi connectivity index (χ3n) is 4.53. The van der Waals surface area contributed by atoms with Gasteiger partial charge in [0.1, 0.15) is 12.4 Å². The lowest BCUT2D eigenvalue weighted by Crippen LogP contribution is -2.36. The van der Waals surface area contributed by atoms with Gasteiger partial charge < -0.3 is 14.4 Å². The van der Waals surface area contributed by atoms with E-state index in [1.165, 1.54) is 37.1 Å². The molecule has 1 aliphatic heterocycles. The van der Waals surface area contributed by atoms with Gasteiger partial charge in [0.15, 0.2) is 0 Å². The molecule has 1 heterocycles. The van der Waals surface area contributed by atoms with Gasteiger partial charge in [-0.1, -0.05) is 26.8 Å². The van der Waals surface area contributed by atoms with Gasteiger partial charge in [-0.15, -0.1) is 0 Å². The molecule has 1 saturated heterocycles. The second-order valence-corrected chi connectivity index (χ2v) is 7.24. The van der Waals surface area contributed by atoms with Gasteiger partial charge in [-0.05, 0) is 61.4 Å². The van der Waals surface area contributed by atoms with E-state index in [4.69, 9.17) is 9.47 Å². The predicted octanol–water partition coefficient (Wildman–Crippen LogP) is 4.25. The zero-order chi connectivity index (χ0) is 16.7. The van der Waals surface area contributed by atoms with Crippen LogP contribution in [0.4, 0.5) is 0 Å². The number of benzene rings is 1. The van der Waals surface area contributed by atoms with Gasteiger partial charge in [0.25, 0.3) is 0 Å². The summed E-state index contributed by atoms with van der Waals surface area (Å²) in [6, 6.07) is 6.47. The summed E-state index contributed by atoms with van der Waals surface area (Å²) in [5.74, 6) is 2.33. The minimum absolute atomic E-state index is 0.528. The summed E-state index contributed by atoms with van der Waals surface area (Å²) in [6.45, 7) is 14.5. The summed E-state index contributed by atoms with van der Waals surface area (Å²) in [7, 11) is 0. The van der Waals surface area contributed by atoms with Crippen molar-refractivity contribution in [3.8, 4) is 5.75 Å². The molecule has 3 heteroatoms. The molecule has 130 valence electrons. The average molecular weight is 319 g/mol. The normalized spacial score (nSPS) is 19.3. The molecule has 23 heavy (non-hydrogen) atoms. The van der Waals surface area contributed by atoms with E-state index >= 15 is 0 Å². The Balaban J connectivity index is 1.62. The lowest BCUT2D eigenvalue weighted by molar-refractivity contribution is 0.0688. The van der Waals surface area contributed by atoms with Gasteiger partial charge in [-0.25, -0.2) is 0 Å². The highest BCUT2D eigenvalue weighted by Crippen LogP contribution is 2.22. The number of ether oxygens (including phenoxy) is 2. The minimum Gasteiger partial charge on any atom is -0.491 e. The number of piperidine rings is 1. The summed E-state index contributed by atoms with van der Waals surface area (Å²) in [4.78, 5) is 2.52. The third kappa shape index (κ3) is 6.52. The number of rotatable bonds is 8. The number of hydrogen-bond acceptors (Lipinski definition) is 3. The molecule has 1 fully saturated rings. The fraction of sp³-hybridized carbons (Fsp3) is 0.700. The smallest absolute Gasteiger partial charge is 0.119 e. The molecule has 0 aliphatic carbocycles. The fourth-order valence-corrected chi connectivity index (χ4v) is 3.20. The zero-order valence-corrected chi connectivity index (χ0v) is 15.3. The molecule has 0 bridgehead atoms. The third-order valence-corrected chi connectivity index (χ3v) is 4.53. The Bertz CT molecular complexity index is 473. The van der Waals surface area contributed by atoms with Crippen LogP contribution < -0.4 is 4.74 Å². The first kappa shape index (κ1) is 18.3. The number of hydrogen-bond donors (Lipinski definition) is 0. The molecule has 0 saturated carbocycles. The van der Waals surface area contributed by atoms with Crippen LogP contribution in [0.3, 0.4) is 0 Å². The van der Waals surface area contributed by atoms with E-state index in [2.05, 4.69) is 50.8 Å². The molecule has 0 radical (unpaired) electrons. The Hall–Kier alpha value is -1.06. The Labute approximate surface area is 142 Å². The van der Waals surface area contributed by atoms with Crippen LogP contribution in [0.15, 0.2) is 18.2 Å². The van der Waals surface area contributed by atoms with Crippen LogP contribution in [-0.2, 0) is 4.74 Å². The van der Waals surface area contributed by atoms with Crippen LogP contribution in [0.1, 0.15) is 50.7 Å². The van der Waals surface area contributed by atoms with Gasteiger partial charge in [-0.2, -0.15) is 0 Å². The van der Waals surface area contributed by atoms with Gasteiger partial charge >= 0.3 is 0 Å². The van der Waals surface area contributed by atoms with Gasteiger partial charge in [0, 0.05) is 13.1 Å². The molecule has 0 unspecified atom stereocenters. The van der Waals surface area contributed by atoms with Crippen molar-refractivity contribution in [3.63, 3.8) is 0 Å². The maximum absolute atomic E-state index is 5.85. The molecule has 0 aromatic heterocycles. The highest BCUT2D eigenvalue weighted by atomic mass is 16.5. The molecule has 1 atom stereocenters. The van der Waals surface area contributed by atoms with Crippen molar-refractivity contribution in [1.82, 2.24) is 4.90 Å². The summed E-state index contributed by atoms with van der Waals surface area (Å²) < 4.78 is 11.6. The summed E-state index contributed by atoms with van der Waals surface area (Å²) in [5.41, 5.74) is 2.59. The molecular formula is C20H33NO2. The first-order valence-electron chi connectivity index (χ1n) is 9.09. The monoisotopic (exact) mass is 319 g/mol. The van der Waals surface area contributed by atoms with Crippen molar-refractivity contribution in [1.29, 1.82) is 0 Å². The SMILES string of the molecule is Cc1cc(OCCOCCN2CCC[C@@H](C)C2)cc(C(C)C)c1. The summed E-state index contributed by atoms with van der Waals surface area (Å²) in [5, 5.41) is 0. The van der Waals surface area contributed by atoms with Gasteiger partial charge in [0.2, 0.25) is 0 Å². The lowest BCUT2D eigenvalue weighted by atomic mass is 10.0. The molecule has 0 N–H and O–H groups in total. The highest BCUT2D eigenvalue weighted by molar-refractivity contribution is 5.35. The predicted molar refractivity (Wildman–Crippen MR) is 96.4 cm³/mol. The quantitative estimate of drug-likeness (QED) is 0.669. The largest absolute Gasteiger partial charge is 0.491 e. The first-order valence-corrected chi connectivity index (χ1v) is 9.09. The van der Waals surface area contributed by atoms with E-state index in [0.29, 0.717) is 19.1 Å². The molecular weight excluding hydrogens is 286 g/mol. The Morgan fingerprint density at radius 1 is 1.17 bits per heavy atom. The van der Waals surface area contributed by atoms with Crippen LogP contribution in [0.25, 0.3) is 0 Å². The molecule has 1 aromatic carbocycles. The second kappa shape index (κ2) is 9.29. The highest BCUT2D eigenvalue weighted by Gasteiger charge is 2.15. The van der Waals surface area contributed by atoms with Crippen molar-refractivity contribution in [2.75, 3.05) is 39.5 Å². The van der Waals surface area contributed by atoms with Crippen molar-refractivity contribution in [2.45, 2.75) is 46.5 Å². The van der Waals surface area contributed by atoms with E-state index in [0.717, 1.165) is 24.8 Å². The maximum atomic E-state index is 5.85. The van der Waals surface area contributed by atoms with Gasteiger partial charge in [-0.3, -0.25) is 0 Å². The average Bonchev–Trinajstić information content (AvgIpc) is 2.50. The first-order chi connectivity index (χ1) is 11.0. The fourth-order valence-electron chi connectivity index (χ4n) is 3.20. The maximum Gasteiger partial charge on any atom is 0.119 e. The van der Waals surface area contributed by atoms with E-state index in [1.54, 1.807) is 0 Å². The van der Waals surface area contributed by atoms with Crippen LogP contribution in [0.5, 0.6) is 5.75 Å². The van der Waals surface area contributed by atoms with Gasteiger partial charge in [0.05, 0.1) is 13.2 Å². The van der Waals surface area contributed by atoms with E-state index < -0.39 is 0 Å². The van der Waals surface area contributed by atoms with E-state index in [-0.39, 0.29) is 0 Å². The van der Waals surface area contributed by atoms with Crippen LogP contribution >= 0.6 is 0 Å². The van der Waals surface area contributed by atoms with Crippen molar-refractivity contribution in [3.05, 3.63) is 29.3 Å². The van der Waals surface area contributed by atoms with Crippen LogP contribution in [0.2, 0.25) is 0 Å². The van der Waals surface area contributed by atoms with Crippen LogP contribution in [-0.4, -0.2) is 44.4 Å². The molecule has 2 rings (SSSR count). The Morgan fingerprint density at radius 2 is 2.00 bits per heavy atom. The molecule has 0 amide bonds. The Kier molecular flexibility index (Phi) is 7.38. The minimum atomic E-state index is 0.528. The summed E-state index contributed by atoms with van der Waals surface area (Å²) >= 11 is 0. The molecule has 0 spiro atoms. The molecule has 3 nitrogen and oxygen atoms in total. The van der Waals surface area contributed by atoms with E-state index in [9.17, 15) is 0 Å². The zero-order valence-electron chi connectivity index (χ0n) is 15.3. The second-order valence-electron chi connectivity index (χ2n) is 7.24. The standard InChI is InChI=1S/C20H33NO2/c1-16(2)19-12-18(4)13-20(14-19)23-11-10-22-9-8-21-7-5-6-17(3)15-21/h12-14,16-17H,5-11,15H2,1-4H3/t17-/m1/s1. The topological polar surface area (TPSA) is 21.7 Å². The number of likely N-dealkylation sites (tertiary alicyclic amines) is 1. The van der Waals surface area contributed by atoms with Crippen molar-refractivity contribution >= 4 is 0 Å². The van der Waals surface area contributed by atoms with Crippen molar-refractivity contribution in [2.24, 2.45) is 5.92 Å². The van der Waals surface area contributed by atoms with E-state index in [1.807, 2.05) is 0 Å². The molecule has 1 aromatic rings. The summed E-state index contributed by atoms with van der Waals surface area (Å²) in [6.07, 6.45) is 2.70. The van der Waals surface area contributed by atoms with Crippen LogP contribution in [0, 0.1) is 12.8 Å². The Morgan fingerprint density at radius 3 is 2.74 bits per heavy atom. The molecule has 1 aliphatic rings. The van der Waals surface area contributed by atoms with Crippen molar-refractivity contribution < 1.29 is 9.47 Å². The lowest BCUT2D eigenvalue weighted by Gasteiger charge is -2.30. The number of nitrogens with zero attached hydrogens (tertiary/aromatic N) is 1.